The molecule has 6 nitrogen and oxygen atoms in total. The minimum absolute atomic E-state index is 0.0289. The molecule has 2 fully saturated rings. The van der Waals surface area contributed by atoms with Gasteiger partial charge in [0, 0.05) is 12.6 Å². The van der Waals surface area contributed by atoms with E-state index in [0.717, 1.165) is 18.4 Å². The van der Waals surface area contributed by atoms with Crippen LogP contribution in [-0.2, 0) is 16.1 Å². The predicted molar refractivity (Wildman–Crippen MR) is 78.9 cm³/mol. The Morgan fingerprint density at radius 3 is 2.64 bits per heavy atom. The van der Waals surface area contributed by atoms with Crippen LogP contribution < -0.4 is 5.73 Å². The number of likely N-dealkylation sites (tertiary alicyclic amines) is 1. The van der Waals surface area contributed by atoms with Crippen LogP contribution in [0.3, 0.4) is 0 Å². The lowest BCUT2D eigenvalue weighted by molar-refractivity contribution is -0.143. The van der Waals surface area contributed by atoms with Gasteiger partial charge in [-0.25, -0.2) is 9.59 Å². The van der Waals surface area contributed by atoms with E-state index in [-0.39, 0.29) is 24.5 Å². The Balaban J connectivity index is 1.67. The van der Waals surface area contributed by atoms with E-state index in [9.17, 15) is 14.7 Å². The number of fused-ring (bicyclic) bond motifs is 1. The quantitative estimate of drug-likeness (QED) is 0.881. The summed E-state index contributed by atoms with van der Waals surface area (Å²) in [6.45, 7) is 0.514. The fourth-order valence-electron chi connectivity index (χ4n) is 3.67. The summed E-state index contributed by atoms with van der Waals surface area (Å²) in [6.07, 6.45) is 1.01. The number of aliphatic carboxylic acids is 1. The van der Waals surface area contributed by atoms with Gasteiger partial charge in [-0.2, -0.15) is 0 Å². The van der Waals surface area contributed by atoms with Gasteiger partial charge in [0.15, 0.2) is 0 Å². The van der Waals surface area contributed by atoms with Crippen molar-refractivity contribution in [3.05, 3.63) is 35.9 Å². The number of rotatable bonds is 3. The van der Waals surface area contributed by atoms with Crippen molar-refractivity contribution in [3.8, 4) is 0 Å². The summed E-state index contributed by atoms with van der Waals surface area (Å²) in [5.74, 6) is -0.972. The van der Waals surface area contributed by atoms with Crippen LogP contribution in [0.5, 0.6) is 0 Å². The first-order valence-corrected chi connectivity index (χ1v) is 7.53. The summed E-state index contributed by atoms with van der Waals surface area (Å²) in [6, 6.07) is 8.48. The molecule has 3 N–H and O–H groups in total. The molecule has 0 bridgehead atoms. The molecule has 22 heavy (non-hydrogen) atoms. The number of carboxylic acid groups (broad SMARTS) is 1. The molecule has 1 amide bonds. The first-order valence-electron chi connectivity index (χ1n) is 7.53. The number of carbonyl (C=O) groups excluding carboxylic acids is 1. The van der Waals surface area contributed by atoms with E-state index in [2.05, 4.69) is 0 Å². The maximum absolute atomic E-state index is 12.3. The van der Waals surface area contributed by atoms with Crippen molar-refractivity contribution in [2.45, 2.75) is 31.5 Å². The Labute approximate surface area is 128 Å². The molecule has 1 aromatic rings. The molecule has 1 aromatic carbocycles. The largest absolute Gasteiger partial charge is 0.480 e. The van der Waals surface area contributed by atoms with Gasteiger partial charge in [-0.1, -0.05) is 30.3 Å². The van der Waals surface area contributed by atoms with Crippen LogP contribution in [0, 0.1) is 11.8 Å². The summed E-state index contributed by atoms with van der Waals surface area (Å²) in [5.41, 5.74) is 6.91. The normalized spacial score (nSPS) is 30.1. The van der Waals surface area contributed by atoms with Gasteiger partial charge in [-0.05, 0) is 30.2 Å². The van der Waals surface area contributed by atoms with Gasteiger partial charge in [0.25, 0.3) is 0 Å². The first-order chi connectivity index (χ1) is 10.6. The van der Waals surface area contributed by atoms with Gasteiger partial charge in [-0.15, -0.1) is 0 Å². The lowest BCUT2D eigenvalue weighted by Gasteiger charge is -2.23. The SMILES string of the molecule is NC1CC[C@H]2[C@@H]1CN(C(=O)OCc1ccccc1)[C@@H]2C(=O)O. The maximum atomic E-state index is 12.3. The summed E-state index contributed by atoms with van der Waals surface area (Å²) in [4.78, 5) is 25.2. The topological polar surface area (TPSA) is 92.9 Å². The van der Waals surface area contributed by atoms with E-state index < -0.39 is 18.1 Å². The van der Waals surface area contributed by atoms with Crippen molar-refractivity contribution in [3.63, 3.8) is 0 Å². The molecular formula is C16H20N2O4. The number of benzene rings is 1. The zero-order chi connectivity index (χ0) is 15.7. The van der Waals surface area contributed by atoms with E-state index in [1.165, 1.54) is 4.90 Å². The number of nitrogens with zero attached hydrogens (tertiary/aromatic N) is 1. The van der Waals surface area contributed by atoms with Crippen LogP contribution >= 0.6 is 0 Å². The molecule has 1 aliphatic carbocycles. The van der Waals surface area contributed by atoms with Gasteiger partial charge >= 0.3 is 12.1 Å². The zero-order valence-corrected chi connectivity index (χ0v) is 12.2. The molecule has 0 spiro atoms. The van der Waals surface area contributed by atoms with E-state index in [4.69, 9.17) is 10.5 Å². The molecule has 1 saturated heterocycles. The molecule has 0 radical (unpaired) electrons. The summed E-state index contributed by atoms with van der Waals surface area (Å²) >= 11 is 0. The predicted octanol–water partition coefficient (Wildman–Crippen LogP) is 1.45. The van der Waals surface area contributed by atoms with Crippen molar-refractivity contribution in [1.29, 1.82) is 0 Å². The van der Waals surface area contributed by atoms with Crippen LogP contribution in [0.4, 0.5) is 4.79 Å². The van der Waals surface area contributed by atoms with Crippen LogP contribution in [0.15, 0.2) is 30.3 Å². The van der Waals surface area contributed by atoms with Gasteiger partial charge < -0.3 is 15.6 Å². The average Bonchev–Trinajstić information content (AvgIpc) is 3.06. The Kier molecular flexibility index (Phi) is 4.02. The third kappa shape index (κ3) is 2.66. The molecule has 2 aliphatic rings. The molecule has 1 saturated carbocycles. The summed E-state index contributed by atoms with van der Waals surface area (Å²) in [7, 11) is 0. The van der Waals surface area contributed by atoms with Crippen molar-refractivity contribution in [2.24, 2.45) is 17.6 Å². The van der Waals surface area contributed by atoms with Crippen molar-refractivity contribution >= 4 is 12.1 Å². The van der Waals surface area contributed by atoms with E-state index in [0.29, 0.717) is 6.54 Å². The third-order valence-corrected chi connectivity index (χ3v) is 4.77. The Morgan fingerprint density at radius 2 is 1.95 bits per heavy atom. The highest BCUT2D eigenvalue weighted by Gasteiger charge is 2.52. The number of ether oxygens (including phenoxy) is 1. The monoisotopic (exact) mass is 304 g/mol. The number of hydrogen-bond acceptors (Lipinski definition) is 4. The molecule has 118 valence electrons. The summed E-state index contributed by atoms with van der Waals surface area (Å²) in [5, 5.41) is 9.46. The van der Waals surface area contributed by atoms with Crippen LogP contribution in [0.2, 0.25) is 0 Å². The van der Waals surface area contributed by atoms with Gasteiger partial charge in [0.2, 0.25) is 0 Å². The molecular weight excluding hydrogens is 284 g/mol. The van der Waals surface area contributed by atoms with Crippen LogP contribution in [0.25, 0.3) is 0 Å². The molecule has 3 rings (SSSR count). The molecule has 1 heterocycles. The smallest absolute Gasteiger partial charge is 0.410 e. The van der Waals surface area contributed by atoms with Gasteiger partial charge in [0.1, 0.15) is 12.6 Å². The standard InChI is InChI=1S/C16H20N2O4/c17-13-7-6-11-12(13)8-18(14(11)15(19)20)16(21)22-9-10-4-2-1-3-5-10/h1-5,11-14H,6-9,17H2,(H,19,20)/t11-,12-,13?,14-/m0/s1. The second-order valence-corrected chi connectivity index (χ2v) is 6.04. The number of nitrogens with two attached hydrogens (primary N) is 1. The molecule has 1 aliphatic heterocycles. The second-order valence-electron chi connectivity index (χ2n) is 6.04. The molecule has 4 atom stereocenters. The second kappa shape index (κ2) is 5.96. The number of amides is 1. The Morgan fingerprint density at radius 1 is 1.23 bits per heavy atom. The van der Waals surface area contributed by atoms with Crippen LogP contribution in [-0.4, -0.2) is 40.7 Å². The highest BCUT2D eigenvalue weighted by molar-refractivity contribution is 5.81. The highest BCUT2D eigenvalue weighted by atomic mass is 16.6. The lowest BCUT2D eigenvalue weighted by Crippen LogP contribution is -2.43. The van der Waals surface area contributed by atoms with Crippen molar-refractivity contribution < 1.29 is 19.4 Å². The average molecular weight is 304 g/mol. The highest BCUT2D eigenvalue weighted by Crippen LogP contribution is 2.41. The molecule has 1 unspecified atom stereocenters. The Bertz CT molecular complexity index is 563. The van der Waals surface area contributed by atoms with Crippen LogP contribution in [0.1, 0.15) is 18.4 Å². The molecule has 6 heteroatoms. The Hall–Kier alpha value is -2.08. The fraction of sp³-hybridized carbons (Fsp3) is 0.500. The number of carboxylic acids is 1. The number of carbonyl (C=O) groups is 2. The maximum Gasteiger partial charge on any atom is 0.410 e. The number of hydrogen-bond donors (Lipinski definition) is 2. The van der Waals surface area contributed by atoms with E-state index >= 15 is 0 Å². The molecule has 0 aromatic heterocycles. The van der Waals surface area contributed by atoms with Gasteiger partial charge in [0.05, 0.1) is 0 Å². The fourth-order valence-corrected chi connectivity index (χ4v) is 3.67. The minimum atomic E-state index is -0.974. The van der Waals surface area contributed by atoms with E-state index in [1.54, 1.807) is 0 Å². The zero-order valence-electron chi connectivity index (χ0n) is 12.2. The van der Waals surface area contributed by atoms with Crippen molar-refractivity contribution in [2.75, 3.05) is 6.54 Å². The summed E-state index contributed by atoms with van der Waals surface area (Å²) < 4.78 is 5.28. The van der Waals surface area contributed by atoms with Gasteiger partial charge in [-0.3, -0.25) is 4.90 Å². The lowest BCUT2D eigenvalue weighted by atomic mass is 9.93. The minimum Gasteiger partial charge on any atom is -0.480 e. The first kappa shape index (κ1) is 14.8. The van der Waals surface area contributed by atoms with E-state index in [1.807, 2.05) is 30.3 Å². The third-order valence-electron chi connectivity index (χ3n) is 4.77. The van der Waals surface area contributed by atoms with Crippen molar-refractivity contribution in [1.82, 2.24) is 4.90 Å².